The number of nitrogens with one attached hydrogen (secondary N) is 1. The second-order valence-electron chi connectivity index (χ2n) is 5.50. The molecule has 1 aliphatic carbocycles. The number of halogens is 2. The second kappa shape index (κ2) is 7.78. The van der Waals surface area contributed by atoms with Crippen LogP contribution in [0.15, 0.2) is 24.5 Å². The molecule has 0 aliphatic heterocycles. The SMILES string of the molecule is Cc1ccc2ncnc(NC3CCC(N)CC3)c2c1.Cl.Cl. The molecule has 0 radical (unpaired) electrons. The maximum atomic E-state index is 5.95. The van der Waals surface area contributed by atoms with Crippen molar-refractivity contribution >= 4 is 41.5 Å². The Labute approximate surface area is 137 Å². The Morgan fingerprint density at radius 2 is 1.81 bits per heavy atom. The molecule has 0 bridgehead atoms. The number of hydrogen-bond acceptors (Lipinski definition) is 4. The lowest BCUT2D eigenvalue weighted by Crippen LogP contribution is -2.33. The van der Waals surface area contributed by atoms with Crippen LogP contribution in [0.3, 0.4) is 0 Å². The molecule has 116 valence electrons. The molecule has 4 nitrogen and oxygen atoms in total. The van der Waals surface area contributed by atoms with Crippen molar-refractivity contribution < 1.29 is 0 Å². The Morgan fingerprint density at radius 3 is 2.52 bits per heavy atom. The first kappa shape index (κ1) is 18.0. The maximum absolute atomic E-state index is 5.95. The van der Waals surface area contributed by atoms with Gasteiger partial charge < -0.3 is 11.1 Å². The highest BCUT2D eigenvalue weighted by molar-refractivity contribution is 5.89. The van der Waals surface area contributed by atoms with E-state index in [2.05, 4.69) is 34.3 Å². The van der Waals surface area contributed by atoms with Crippen molar-refractivity contribution in [1.82, 2.24) is 9.97 Å². The van der Waals surface area contributed by atoms with Gasteiger partial charge in [-0.1, -0.05) is 11.6 Å². The molecule has 1 aromatic carbocycles. The Kier molecular flexibility index (Phi) is 6.65. The van der Waals surface area contributed by atoms with Gasteiger partial charge in [0.25, 0.3) is 0 Å². The molecule has 1 fully saturated rings. The molecule has 6 heteroatoms. The molecule has 1 aromatic heterocycles. The molecule has 3 rings (SSSR count). The summed E-state index contributed by atoms with van der Waals surface area (Å²) in [5.74, 6) is 0.953. The average Bonchev–Trinajstić information content (AvgIpc) is 2.42. The van der Waals surface area contributed by atoms with Crippen LogP contribution in [0.1, 0.15) is 31.2 Å². The van der Waals surface area contributed by atoms with E-state index in [0.717, 1.165) is 42.4 Å². The van der Waals surface area contributed by atoms with Crippen molar-refractivity contribution in [3.05, 3.63) is 30.1 Å². The third-order valence-electron chi connectivity index (χ3n) is 3.90. The van der Waals surface area contributed by atoms with Crippen molar-refractivity contribution in [1.29, 1.82) is 0 Å². The summed E-state index contributed by atoms with van der Waals surface area (Å²) in [6.07, 6.45) is 6.07. The highest BCUT2D eigenvalue weighted by Gasteiger charge is 2.19. The molecule has 0 spiro atoms. The van der Waals surface area contributed by atoms with Gasteiger partial charge in [0.05, 0.1) is 5.52 Å². The number of hydrogen-bond donors (Lipinski definition) is 2. The lowest BCUT2D eigenvalue weighted by Gasteiger charge is -2.27. The van der Waals surface area contributed by atoms with E-state index in [4.69, 9.17) is 5.73 Å². The summed E-state index contributed by atoms with van der Waals surface area (Å²) in [6, 6.07) is 7.14. The molecule has 1 heterocycles. The second-order valence-corrected chi connectivity index (χ2v) is 5.50. The standard InChI is InChI=1S/C15H20N4.2ClH/c1-10-2-7-14-13(8-10)15(18-9-17-14)19-12-5-3-11(16)4-6-12;;/h2,7-9,11-12H,3-6,16H2,1H3,(H,17,18,19);2*1H. The Hall–Kier alpha value is -1.10. The first-order chi connectivity index (χ1) is 9.22. The van der Waals surface area contributed by atoms with E-state index in [-0.39, 0.29) is 24.8 Å². The molecule has 1 saturated carbocycles. The van der Waals surface area contributed by atoms with E-state index in [1.54, 1.807) is 6.33 Å². The Balaban J connectivity index is 0.00000110. The predicted octanol–water partition coefficient (Wildman–Crippen LogP) is 3.46. The van der Waals surface area contributed by atoms with E-state index in [0.29, 0.717) is 12.1 Å². The summed E-state index contributed by atoms with van der Waals surface area (Å²) in [5.41, 5.74) is 8.18. The van der Waals surface area contributed by atoms with E-state index in [1.807, 2.05) is 6.07 Å². The van der Waals surface area contributed by atoms with Crippen molar-refractivity contribution in [3.63, 3.8) is 0 Å². The smallest absolute Gasteiger partial charge is 0.137 e. The minimum Gasteiger partial charge on any atom is -0.367 e. The summed E-state index contributed by atoms with van der Waals surface area (Å²) >= 11 is 0. The normalized spacial score (nSPS) is 21.2. The number of aromatic nitrogens is 2. The number of nitrogens with zero attached hydrogens (tertiary/aromatic N) is 2. The van der Waals surface area contributed by atoms with E-state index >= 15 is 0 Å². The van der Waals surface area contributed by atoms with Crippen LogP contribution in [-0.4, -0.2) is 22.1 Å². The van der Waals surface area contributed by atoms with Crippen molar-refractivity contribution in [3.8, 4) is 0 Å². The largest absolute Gasteiger partial charge is 0.367 e. The Morgan fingerprint density at radius 1 is 1.10 bits per heavy atom. The van der Waals surface area contributed by atoms with Gasteiger partial charge in [-0.2, -0.15) is 0 Å². The van der Waals surface area contributed by atoms with Gasteiger partial charge in [-0.15, -0.1) is 24.8 Å². The summed E-state index contributed by atoms with van der Waals surface area (Å²) in [5, 5.41) is 4.67. The van der Waals surface area contributed by atoms with Crippen molar-refractivity contribution in [2.24, 2.45) is 5.73 Å². The number of aryl methyl sites for hydroxylation is 1. The average molecular weight is 329 g/mol. The van der Waals surface area contributed by atoms with Gasteiger partial charge in [0, 0.05) is 17.5 Å². The first-order valence-corrected chi connectivity index (χ1v) is 6.96. The van der Waals surface area contributed by atoms with Crippen LogP contribution in [0.4, 0.5) is 5.82 Å². The molecule has 1 aliphatic rings. The fraction of sp³-hybridized carbons (Fsp3) is 0.467. The van der Waals surface area contributed by atoms with Crippen LogP contribution in [0.5, 0.6) is 0 Å². The highest BCUT2D eigenvalue weighted by atomic mass is 35.5. The van der Waals surface area contributed by atoms with E-state index < -0.39 is 0 Å². The van der Waals surface area contributed by atoms with E-state index in [9.17, 15) is 0 Å². The van der Waals surface area contributed by atoms with Crippen LogP contribution < -0.4 is 11.1 Å². The first-order valence-electron chi connectivity index (χ1n) is 6.96. The van der Waals surface area contributed by atoms with Gasteiger partial charge >= 0.3 is 0 Å². The number of benzene rings is 1. The summed E-state index contributed by atoms with van der Waals surface area (Å²) in [4.78, 5) is 8.72. The topological polar surface area (TPSA) is 63.8 Å². The van der Waals surface area contributed by atoms with Gasteiger partial charge in [-0.3, -0.25) is 0 Å². The fourth-order valence-corrected chi connectivity index (χ4v) is 2.74. The van der Waals surface area contributed by atoms with Gasteiger partial charge in [0.1, 0.15) is 12.1 Å². The van der Waals surface area contributed by atoms with E-state index in [1.165, 1.54) is 5.56 Å². The maximum Gasteiger partial charge on any atom is 0.137 e. The lowest BCUT2D eigenvalue weighted by atomic mass is 9.92. The highest BCUT2D eigenvalue weighted by Crippen LogP contribution is 2.25. The number of anilines is 1. The van der Waals surface area contributed by atoms with Gasteiger partial charge in [0.2, 0.25) is 0 Å². The molecule has 0 amide bonds. The summed E-state index contributed by atoms with van der Waals surface area (Å²) < 4.78 is 0. The van der Waals surface area contributed by atoms with Gasteiger partial charge in [-0.05, 0) is 44.7 Å². The minimum absolute atomic E-state index is 0. The summed E-state index contributed by atoms with van der Waals surface area (Å²) in [7, 11) is 0. The molecule has 21 heavy (non-hydrogen) atoms. The fourth-order valence-electron chi connectivity index (χ4n) is 2.74. The van der Waals surface area contributed by atoms with Gasteiger partial charge in [-0.25, -0.2) is 9.97 Å². The molecule has 0 saturated heterocycles. The van der Waals surface area contributed by atoms with Crippen LogP contribution in [0.25, 0.3) is 10.9 Å². The van der Waals surface area contributed by atoms with Crippen LogP contribution >= 0.6 is 24.8 Å². The van der Waals surface area contributed by atoms with Crippen LogP contribution in [0.2, 0.25) is 0 Å². The van der Waals surface area contributed by atoms with Crippen LogP contribution in [0, 0.1) is 6.92 Å². The predicted molar refractivity (Wildman–Crippen MR) is 92.6 cm³/mol. The van der Waals surface area contributed by atoms with Gasteiger partial charge in [0.15, 0.2) is 0 Å². The number of fused-ring (bicyclic) bond motifs is 1. The summed E-state index contributed by atoms with van der Waals surface area (Å²) in [6.45, 7) is 2.09. The zero-order chi connectivity index (χ0) is 13.2. The quantitative estimate of drug-likeness (QED) is 0.886. The van der Waals surface area contributed by atoms with Crippen molar-refractivity contribution in [2.45, 2.75) is 44.7 Å². The van der Waals surface area contributed by atoms with Crippen molar-refractivity contribution in [2.75, 3.05) is 5.32 Å². The molecule has 2 aromatic rings. The zero-order valence-electron chi connectivity index (χ0n) is 12.1. The number of nitrogens with two attached hydrogens (primary N) is 1. The number of rotatable bonds is 2. The molecular weight excluding hydrogens is 307 g/mol. The third-order valence-corrected chi connectivity index (χ3v) is 3.90. The molecule has 0 atom stereocenters. The minimum atomic E-state index is 0. The van der Waals surface area contributed by atoms with Crippen LogP contribution in [-0.2, 0) is 0 Å². The zero-order valence-corrected chi connectivity index (χ0v) is 13.7. The lowest BCUT2D eigenvalue weighted by molar-refractivity contribution is 0.410. The molecular formula is C15H22Cl2N4. The monoisotopic (exact) mass is 328 g/mol. The molecule has 3 N–H and O–H groups in total. The third kappa shape index (κ3) is 4.19. The molecule has 0 unspecified atom stereocenters. The Bertz CT molecular complexity index is 583.